The van der Waals surface area contributed by atoms with Crippen LogP contribution in [0.4, 0.5) is 5.69 Å². The number of fused-ring (bicyclic) bond motifs is 1. The fourth-order valence-electron chi connectivity index (χ4n) is 5.77. The molecule has 3 aromatic carbocycles. The lowest BCUT2D eigenvalue weighted by Crippen LogP contribution is -2.34. The third-order valence-electron chi connectivity index (χ3n) is 6.91. The van der Waals surface area contributed by atoms with Crippen molar-refractivity contribution in [3.05, 3.63) is 121 Å². The first kappa shape index (κ1) is 16.1. The normalized spacial score (nSPS) is 22.3. The second-order valence-corrected chi connectivity index (χ2v) is 8.31. The predicted molar refractivity (Wildman–Crippen MR) is 116 cm³/mol. The molecule has 4 nitrogen and oxygen atoms in total. The number of hydrogen-bond donors (Lipinski definition) is 0. The maximum absolute atomic E-state index is 11.8. The number of nitrogens with zero attached hydrogens (tertiary/aromatic N) is 2. The fraction of sp³-hybridized carbons (Fsp3) is 0.115. The summed E-state index contributed by atoms with van der Waals surface area (Å²) >= 11 is 0. The molecule has 3 aromatic rings. The molecule has 4 aliphatic rings. The zero-order valence-corrected chi connectivity index (χ0v) is 16.0. The molecule has 2 atom stereocenters. The molecule has 1 heterocycles. The smallest absolute Gasteiger partial charge is 0.258 e. The molecular weight excluding hydrogens is 372 g/mol. The maximum Gasteiger partial charge on any atom is 0.296 e. The third kappa shape index (κ3) is 1.84. The molecule has 0 saturated heterocycles. The summed E-state index contributed by atoms with van der Waals surface area (Å²) in [6.45, 7) is 0. The van der Waals surface area contributed by atoms with E-state index < -0.39 is 0 Å². The van der Waals surface area contributed by atoms with E-state index in [9.17, 15) is 10.1 Å². The van der Waals surface area contributed by atoms with Crippen LogP contribution in [0.1, 0.15) is 29.4 Å². The quantitative estimate of drug-likeness (QED) is 0.477. The van der Waals surface area contributed by atoms with E-state index >= 15 is 0 Å². The minimum Gasteiger partial charge on any atom is -0.258 e. The van der Waals surface area contributed by atoms with Crippen molar-refractivity contribution in [2.75, 3.05) is 0 Å². The van der Waals surface area contributed by atoms with Crippen LogP contribution < -0.4 is 10.6 Å². The van der Waals surface area contributed by atoms with Crippen molar-refractivity contribution in [3.8, 4) is 0 Å². The van der Waals surface area contributed by atoms with Crippen LogP contribution in [0.15, 0.2) is 94.7 Å². The molecule has 0 aromatic heterocycles. The van der Waals surface area contributed by atoms with Gasteiger partial charge in [0.1, 0.15) is 5.36 Å². The first-order chi connectivity index (χ1) is 14.7. The summed E-state index contributed by atoms with van der Waals surface area (Å²) in [5, 5.41) is 15.4. The van der Waals surface area contributed by atoms with Crippen molar-refractivity contribution in [1.29, 1.82) is 0 Å². The molecule has 30 heavy (non-hydrogen) atoms. The van der Waals surface area contributed by atoms with Gasteiger partial charge in [0, 0.05) is 28.7 Å². The van der Waals surface area contributed by atoms with Gasteiger partial charge in [-0.2, -0.15) is 0 Å². The zero-order chi connectivity index (χ0) is 20.0. The van der Waals surface area contributed by atoms with Gasteiger partial charge < -0.3 is 0 Å². The Balaban J connectivity index is 1.66. The van der Waals surface area contributed by atoms with Crippen LogP contribution in [0, 0.1) is 10.1 Å². The monoisotopic (exact) mass is 388 g/mol. The van der Waals surface area contributed by atoms with E-state index in [1.54, 1.807) is 6.07 Å². The molecule has 0 saturated carbocycles. The van der Waals surface area contributed by atoms with E-state index in [1.807, 2.05) is 12.1 Å². The van der Waals surface area contributed by atoms with Crippen LogP contribution >= 0.6 is 0 Å². The first-order valence-corrected chi connectivity index (χ1v) is 10.2. The van der Waals surface area contributed by atoms with Gasteiger partial charge in [-0.05, 0) is 39.5 Å². The summed E-state index contributed by atoms with van der Waals surface area (Å²) < 4.78 is 0. The largest absolute Gasteiger partial charge is 0.296 e. The topological polar surface area (TPSA) is 55.5 Å². The van der Waals surface area contributed by atoms with Crippen molar-refractivity contribution >= 4 is 22.0 Å². The Labute approximate surface area is 172 Å². The van der Waals surface area contributed by atoms with Gasteiger partial charge in [-0.15, -0.1) is 0 Å². The van der Waals surface area contributed by atoms with Crippen LogP contribution in [-0.2, 0) is 0 Å². The Morgan fingerprint density at radius 2 is 1.93 bits per heavy atom. The molecule has 7 rings (SSSR count). The Morgan fingerprint density at radius 1 is 1.07 bits per heavy atom. The van der Waals surface area contributed by atoms with Gasteiger partial charge >= 0.3 is 0 Å². The second kappa shape index (κ2) is 5.42. The van der Waals surface area contributed by atoms with Gasteiger partial charge in [-0.25, -0.2) is 4.99 Å². The molecule has 1 aliphatic heterocycles. The van der Waals surface area contributed by atoms with E-state index in [4.69, 9.17) is 4.99 Å². The fourth-order valence-corrected chi connectivity index (χ4v) is 5.77. The minimum atomic E-state index is -0.297. The molecule has 4 heteroatoms. The molecule has 0 spiro atoms. The molecule has 3 aliphatic carbocycles. The highest BCUT2D eigenvalue weighted by Crippen LogP contribution is 2.53. The summed E-state index contributed by atoms with van der Waals surface area (Å²) in [6.07, 6.45) is 7.53. The zero-order valence-electron chi connectivity index (χ0n) is 16.0. The molecule has 0 N–H and O–H groups in total. The Bertz CT molecular complexity index is 1540. The Kier molecular flexibility index (Phi) is 2.90. The molecule has 0 bridgehead atoms. The average Bonchev–Trinajstić information content (AvgIpc) is 3.18. The Hall–Kier alpha value is -3.79. The lowest BCUT2D eigenvalue weighted by Gasteiger charge is -2.38. The first-order valence-electron chi connectivity index (χ1n) is 10.2. The summed E-state index contributed by atoms with van der Waals surface area (Å²) in [7, 11) is 0. The lowest BCUT2D eigenvalue weighted by molar-refractivity contribution is -0.386. The van der Waals surface area contributed by atoms with Crippen molar-refractivity contribution in [2.45, 2.75) is 18.3 Å². The van der Waals surface area contributed by atoms with E-state index in [0.29, 0.717) is 5.36 Å². The molecule has 142 valence electrons. The Morgan fingerprint density at radius 3 is 2.77 bits per heavy atom. The van der Waals surface area contributed by atoms with Crippen molar-refractivity contribution < 1.29 is 4.92 Å². The molecule has 0 radical (unpaired) electrons. The molecule has 2 unspecified atom stereocenters. The van der Waals surface area contributed by atoms with Gasteiger partial charge in [-0.3, -0.25) is 10.1 Å². The van der Waals surface area contributed by atoms with Crippen LogP contribution in [0.3, 0.4) is 0 Å². The van der Waals surface area contributed by atoms with Crippen LogP contribution in [0.5, 0.6) is 0 Å². The number of rotatable bonds is 2. The van der Waals surface area contributed by atoms with E-state index in [1.165, 1.54) is 22.3 Å². The molecule has 0 fully saturated rings. The molecule has 0 amide bonds. The number of nitro benzene ring substituents is 1. The molecular formula is C26H16N2O2. The van der Waals surface area contributed by atoms with Crippen molar-refractivity contribution in [3.63, 3.8) is 0 Å². The number of non-ortho nitro benzene ring substituents is 1. The van der Waals surface area contributed by atoms with Gasteiger partial charge in [0.2, 0.25) is 0 Å². The highest BCUT2D eigenvalue weighted by molar-refractivity contribution is 6.00. The maximum atomic E-state index is 11.8. The van der Waals surface area contributed by atoms with Crippen LogP contribution in [0.2, 0.25) is 0 Å². The van der Waals surface area contributed by atoms with E-state index in [-0.39, 0.29) is 22.4 Å². The summed E-state index contributed by atoms with van der Waals surface area (Å²) in [5.41, 5.74) is 7.29. The lowest BCUT2D eigenvalue weighted by atomic mass is 9.65. The number of nitro groups is 1. The standard InChI is InChI=1S/C26H16N2O2/c29-28(30)20-13-16-7-4-8-18-21(16)25-24-19(27-26(20)25)12-10-15-9-11-17(23(18)22(15)24)14-5-2-1-3-6-14/h1-9,11-13,17,23H,10H2. The van der Waals surface area contributed by atoms with Crippen molar-refractivity contribution in [1.82, 2.24) is 0 Å². The highest BCUT2D eigenvalue weighted by Gasteiger charge is 2.41. The van der Waals surface area contributed by atoms with Gasteiger partial charge in [0.25, 0.3) is 5.69 Å². The van der Waals surface area contributed by atoms with Crippen LogP contribution in [-0.4, -0.2) is 4.92 Å². The van der Waals surface area contributed by atoms with E-state index in [2.05, 4.69) is 54.6 Å². The summed E-state index contributed by atoms with van der Waals surface area (Å²) in [5.74, 6) is 0.430. The average molecular weight is 388 g/mol. The number of allylic oxidation sites excluding steroid dienone is 5. The summed E-state index contributed by atoms with van der Waals surface area (Å²) in [4.78, 5) is 16.3. The minimum absolute atomic E-state index is 0.101. The third-order valence-corrected chi connectivity index (χ3v) is 6.91. The van der Waals surface area contributed by atoms with Gasteiger partial charge in [0.05, 0.1) is 10.6 Å². The predicted octanol–water partition coefficient (Wildman–Crippen LogP) is 4.57. The second-order valence-electron chi connectivity index (χ2n) is 8.31. The number of hydrogen-bond acceptors (Lipinski definition) is 3. The van der Waals surface area contributed by atoms with E-state index in [0.717, 1.165) is 33.7 Å². The van der Waals surface area contributed by atoms with Gasteiger partial charge in [-0.1, -0.05) is 66.8 Å². The highest BCUT2D eigenvalue weighted by atomic mass is 16.6. The number of benzene rings is 3. The van der Waals surface area contributed by atoms with Crippen LogP contribution in [0.25, 0.3) is 16.3 Å². The van der Waals surface area contributed by atoms with Crippen molar-refractivity contribution in [2.24, 2.45) is 4.99 Å². The van der Waals surface area contributed by atoms with Gasteiger partial charge in [0.15, 0.2) is 0 Å². The summed E-state index contributed by atoms with van der Waals surface area (Å²) in [6, 6.07) is 18.5. The SMILES string of the molecule is O=[N+]([O-])c1cc2cccc3c2c2c1=NC1=CCC4=C(C=21)C3C(c1ccccc1)C=C4.